The van der Waals surface area contributed by atoms with E-state index in [2.05, 4.69) is 33.0 Å². The molecule has 0 saturated carbocycles. The van der Waals surface area contributed by atoms with Crippen LogP contribution in [0.15, 0.2) is 0 Å². The molecule has 0 aliphatic carbocycles. The molecule has 0 aromatic rings. The first-order valence-corrected chi connectivity index (χ1v) is 3.90. The van der Waals surface area contributed by atoms with Crippen LogP contribution in [0, 0.1) is 5.92 Å². The van der Waals surface area contributed by atoms with Gasteiger partial charge in [0.25, 0.3) is 0 Å². The minimum absolute atomic E-state index is 0.176. The maximum Gasteiger partial charge on any atom is 0.111 e. The Labute approximate surface area is 63.0 Å². The standard InChI is InChI=1S/C8H17NO/c1-6(2)7-9-8(3,4)5-10-7/h6-7,9H,5H2,1-4H3/t7-/m1/s1. The number of hydrogen-bond acceptors (Lipinski definition) is 2. The van der Waals surface area contributed by atoms with Crippen molar-refractivity contribution in [1.29, 1.82) is 0 Å². The highest BCUT2D eigenvalue weighted by Crippen LogP contribution is 2.18. The molecule has 0 unspecified atom stereocenters. The van der Waals surface area contributed by atoms with Crippen molar-refractivity contribution in [3.63, 3.8) is 0 Å². The minimum atomic E-state index is 0.176. The molecule has 1 rings (SSSR count). The molecule has 0 amide bonds. The lowest BCUT2D eigenvalue weighted by molar-refractivity contribution is 0.0636. The molecule has 0 aromatic heterocycles. The van der Waals surface area contributed by atoms with Gasteiger partial charge in [-0.2, -0.15) is 0 Å². The highest BCUT2D eigenvalue weighted by molar-refractivity contribution is 4.85. The molecular weight excluding hydrogens is 126 g/mol. The van der Waals surface area contributed by atoms with E-state index >= 15 is 0 Å². The van der Waals surface area contributed by atoms with Gasteiger partial charge in [-0.25, -0.2) is 0 Å². The molecule has 0 bridgehead atoms. The topological polar surface area (TPSA) is 21.3 Å². The summed E-state index contributed by atoms with van der Waals surface area (Å²) in [5.74, 6) is 0.571. The summed E-state index contributed by atoms with van der Waals surface area (Å²) in [4.78, 5) is 0. The van der Waals surface area contributed by atoms with Crippen molar-refractivity contribution in [2.24, 2.45) is 5.92 Å². The molecule has 10 heavy (non-hydrogen) atoms. The van der Waals surface area contributed by atoms with E-state index in [0.717, 1.165) is 6.61 Å². The molecule has 2 nitrogen and oxygen atoms in total. The van der Waals surface area contributed by atoms with Crippen LogP contribution in [-0.2, 0) is 4.74 Å². The first-order valence-electron chi connectivity index (χ1n) is 3.90. The van der Waals surface area contributed by atoms with E-state index in [9.17, 15) is 0 Å². The van der Waals surface area contributed by atoms with Crippen LogP contribution < -0.4 is 5.32 Å². The van der Waals surface area contributed by atoms with Crippen LogP contribution in [0.3, 0.4) is 0 Å². The van der Waals surface area contributed by atoms with Gasteiger partial charge in [-0.1, -0.05) is 13.8 Å². The normalized spacial score (nSPS) is 31.5. The van der Waals surface area contributed by atoms with Gasteiger partial charge in [0.05, 0.1) is 6.61 Å². The summed E-state index contributed by atoms with van der Waals surface area (Å²) in [6.45, 7) is 9.48. The monoisotopic (exact) mass is 143 g/mol. The molecule has 0 radical (unpaired) electrons. The molecule has 2 heteroatoms. The quantitative estimate of drug-likeness (QED) is 0.598. The summed E-state index contributed by atoms with van der Waals surface area (Å²) in [6, 6.07) is 0. The van der Waals surface area contributed by atoms with Crippen molar-refractivity contribution in [2.45, 2.75) is 39.5 Å². The lowest BCUT2D eigenvalue weighted by Gasteiger charge is -2.18. The van der Waals surface area contributed by atoms with E-state index in [1.807, 2.05) is 0 Å². The molecule has 1 saturated heterocycles. The second-order valence-electron chi connectivity index (χ2n) is 4.00. The highest BCUT2D eigenvalue weighted by atomic mass is 16.5. The van der Waals surface area contributed by atoms with Crippen molar-refractivity contribution >= 4 is 0 Å². The predicted molar refractivity (Wildman–Crippen MR) is 41.8 cm³/mol. The Morgan fingerprint density at radius 1 is 1.50 bits per heavy atom. The zero-order valence-corrected chi connectivity index (χ0v) is 7.27. The summed E-state index contributed by atoms with van der Waals surface area (Å²) < 4.78 is 5.52. The van der Waals surface area contributed by atoms with E-state index in [-0.39, 0.29) is 11.8 Å². The Morgan fingerprint density at radius 2 is 2.10 bits per heavy atom. The van der Waals surface area contributed by atoms with Crippen molar-refractivity contribution < 1.29 is 4.74 Å². The van der Waals surface area contributed by atoms with Gasteiger partial charge >= 0.3 is 0 Å². The van der Waals surface area contributed by atoms with Gasteiger partial charge in [0, 0.05) is 5.54 Å². The maximum atomic E-state index is 5.52. The SMILES string of the molecule is CC(C)[C@@H]1NC(C)(C)CO1. The molecule has 60 valence electrons. The van der Waals surface area contributed by atoms with E-state index in [1.165, 1.54) is 0 Å². The lowest BCUT2D eigenvalue weighted by Crippen LogP contribution is -2.40. The molecule has 0 aromatic carbocycles. The van der Waals surface area contributed by atoms with Crippen LogP contribution in [0.2, 0.25) is 0 Å². The van der Waals surface area contributed by atoms with Gasteiger partial charge in [-0.3, -0.25) is 5.32 Å². The van der Waals surface area contributed by atoms with Gasteiger partial charge in [0.15, 0.2) is 0 Å². The van der Waals surface area contributed by atoms with Gasteiger partial charge in [0.2, 0.25) is 0 Å². The minimum Gasteiger partial charge on any atom is -0.361 e. The van der Waals surface area contributed by atoms with Gasteiger partial charge in [-0.15, -0.1) is 0 Å². The second kappa shape index (κ2) is 2.51. The molecule has 1 aliphatic heterocycles. The molecule has 1 aliphatic rings. The van der Waals surface area contributed by atoms with Gasteiger partial charge in [0.1, 0.15) is 6.23 Å². The zero-order valence-electron chi connectivity index (χ0n) is 7.27. The van der Waals surface area contributed by atoms with Gasteiger partial charge < -0.3 is 4.74 Å². The number of ether oxygens (including phenoxy) is 1. The lowest BCUT2D eigenvalue weighted by atomic mass is 10.1. The fraction of sp³-hybridized carbons (Fsp3) is 1.00. The summed E-state index contributed by atoms with van der Waals surface area (Å²) in [7, 11) is 0. The Kier molecular flexibility index (Phi) is 2.02. The first kappa shape index (κ1) is 8.02. The van der Waals surface area contributed by atoms with Crippen molar-refractivity contribution in [3.05, 3.63) is 0 Å². The van der Waals surface area contributed by atoms with Crippen molar-refractivity contribution in [1.82, 2.24) is 5.32 Å². The van der Waals surface area contributed by atoms with Crippen LogP contribution >= 0.6 is 0 Å². The summed E-state index contributed by atoms with van der Waals surface area (Å²) in [6.07, 6.45) is 0.259. The van der Waals surface area contributed by atoms with E-state index in [1.54, 1.807) is 0 Å². The highest BCUT2D eigenvalue weighted by Gasteiger charge is 2.31. The van der Waals surface area contributed by atoms with Gasteiger partial charge in [-0.05, 0) is 19.8 Å². The van der Waals surface area contributed by atoms with E-state index in [0.29, 0.717) is 5.92 Å². The Hall–Kier alpha value is -0.0800. The van der Waals surface area contributed by atoms with Crippen molar-refractivity contribution in [3.8, 4) is 0 Å². The van der Waals surface area contributed by atoms with Crippen LogP contribution in [-0.4, -0.2) is 18.4 Å². The molecule has 0 spiro atoms. The summed E-state index contributed by atoms with van der Waals surface area (Å²) >= 11 is 0. The Balaban J connectivity index is 2.43. The fourth-order valence-corrected chi connectivity index (χ4v) is 1.13. The number of rotatable bonds is 1. The van der Waals surface area contributed by atoms with E-state index in [4.69, 9.17) is 4.74 Å². The number of hydrogen-bond donors (Lipinski definition) is 1. The molecular formula is C8H17NO. The average Bonchev–Trinajstić information content (AvgIpc) is 2.10. The molecule has 1 N–H and O–H groups in total. The number of nitrogens with one attached hydrogen (secondary N) is 1. The molecule has 1 fully saturated rings. The molecule has 1 heterocycles. The van der Waals surface area contributed by atoms with Crippen LogP contribution in [0.4, 0.5) is 0 Å². The van der Waals surface area contributed by atoms with E-state index < -0.39 is 0 Å². The first-order chi connectivity index (χ1) is 4.51. The fourth-order valence-electron chi connectivity index (χ4n) is 1.13. The third-order valence-corrected chi connectivity index (χ3v) is 1.76. The smallest absolute Gasteiger partial charge is 0.111 e. The maximum absolute atomic E-state index is 5.52. The second-order valence-corrected chi connectivity index (χ2v) is 4.00. The third-order valence-electron chi connectivity index (χ3n) is 1.76. The zero-order chi connectivity index (χ0) is 7.78. The largest absolute Gasteiger partial charge is 0.361 e. The Bertz CT molecular complexity index is 120. The van der Waals surface area contributed by atoms with Crippen LogP contribution in [0.5, 0.6) is 0 Å². The van der Waals surface area contributed by atoms with Crippen LogP contribution in [0.1, 0.15) is 27.7 Å². The Morgan fingerprint density at radius 3 is 2.30 bits per heavy atom. The predicted octanol–water partition coefficient (Wildman–Crippen LogP) is 1.37. The summed E-state index contributed by atoms with van der Waals surface area (Å²) in [5, 5.41) is 3.41. The third kappa shape index (κ3) is 1.70. The van der Waals surface area contributed by atoms with Crippen LogP contribution in [0.25, 0.3) is 0 Å². The molecule has 1 atom stereocenters. The summed E-state index contributed by atoms with van der Waals surface area (Å²) in [5.41, 5.74) is 0.176. The van der Waals surface area contributed by atoms with Crippen molar-refractivity contribution in [2.75, 3.05) is 6.61 Å². The average molecular weight is 143 g/mol.